The molecule has 1 heterocycles. The summed E-state index contributed by atoms with van der Waals surface area (Å²) in [6.07, 6.45) is 0.180. The van der Waals surface area contributed by atoms with E-state index in [1.807, 2.05) is 4.90 Å². The number of β-amino-alcohol motifs (C(OH)–C–C–N with tert-alkyl or cyclic N) is 2. The fourth-order valence-electron chi connectivity index (χ4n) is 1.52. The summed E-state index contributed by atoms with van der Waals surface area (Å²) in [5.74, 6) is 0. The molecule has 0 aromatic rings. The van der Waals surface area contributed by atoms with Crippen molar-refractivity contribution in [3.63, 3.8) is 0 Å². The third kappa shape index (κ3) is 3.06. The molecule has 1 fully saturated rings. The van der Waals surface area contributed by atoms with Gasteiger partial charge in [-0.15, -0.1) is 0 Å². The lowest BCUT2D eigenvalue weighted by Gasteiger charge is -2.18. The first-order valence-electron chi connectivity index (χ1n) is 4.29. The second-order valence-corrected chi connectivity index (χ2v) is 3.31. The van der Waals surface area contributed by atoms with Crippen LogP contribution in [0.15, 0.2) is 0 Å². The van der Waals surface area contributed by atoms with Crippen LogP contribution in [0.5, 0.6) is 0 Å². The van der Waals surface area contributed by atoms with Gasteiger partial charge in [0.25, 0.3) is 0 Å². The molecule has 4 heteroatoms. The molecule has 0 radical (unpaired) electrons. The van der Waals surface area contributed by atoms with Gasteiger partial charge in [0.15, 0.2) is 0 Å². The van der Waals surface area contributed by atoms with E-state index in [0.717, 1.165) is 13.0 Å². The number of aliphatic hydroxyl groups excluding tert-OH is 2. The molecule has 1 saturated heterocycles. The summed E-state index contributed by atoms with van der Waals surface area (Å²) in [5.41, 5.74) is 0. The van der Waals surface area contributed by atoms with Crippen molar-refractivity contribution in [3.05, 3.63) is 0 Å². The maximum atomic E-state index is 9.35. The topological polar surface area (TPSA) is 52.9 Å². The molecule has 0 aromatic carbocycles. The third-order valence-corrected chi connectivity index (χ3v) is 2.08. The summed E-state index contributed by atoms with van der Waals surface area (Å²) in [5, 5.41) is 18.5. The van der Waals surface area contributed by atoms with Gasteiger partial charge in [-0.25, -0.2) is 0 Å². The number of rotatable bonds is 4. The Hall–Kier alpha value is -0.160. The van der Waals surface area contributed by atoms with E-state index in [1.165, 1.54) is 0 Å². The van der Waals surface area contributed by atoms with E-state index in [1.54, 1.807) is 7.11 Å². The lowest BCUT2D eigenvalue weighted by Crippen LogP contribution is -2.33. The number of likely N-dealkylation sites (tertiary alicyclic amines) is 1. The fraction of sp³-hybridized carbons (Fsp3) is 1.00. The van der Waals surface area contributed by atoms with Crippen LogP contribution in [0.1, 0.15) is 6.42 Å². The molecule has 1 rings (SSSR count). The smallest absolute Gasteiger partial charge is 0.0900 e. The molecule has 1 aliphatic heterocycles. The van der Waals surface area contributed by atoms with Crippen LogP contribution in [0.25, 0.3) is 0 Å². The van der Waals surface area contributed by atoms with E-state index >= 15 is 0 Å². The van der Waals surface area contributed by atoms with E-state index in [0.29, 0.717) is 19.7 Å². The van der Waals surface area contributed by atoms with Crippen molar-refractivity contribution >= 4 is 0 Å². The van der Waals surface area contributed by atoms with Gasteiger partial charge in [-0.1, -0.05) is 0 Å². The maximum Gasteiger partial charge on any atom is 0.0900 e. The average Bonchev–Trinajstić information content (AvgIpc) is 2.36. The van der Waals surface area contributed by atoms with Gasteiger partial charge in [-0.2, -0.15) is 0 Å². The molecular weight excluding hydrogens is 158 g/mol. The van der Waals surface area contributed by atoms with Crippen molar-refractivity contribution < 1.29 is 14.9 Å². The molecule has 0 bridgehead atoms. The van der Waals surface area contributed by atoms with Crippen molar-refractivity contribution in [2.75, 3.05) is 33.4 Å². The largest absolute Gasteiger partial charge is 0.392 e. The minimum Gasteiger partial charge on any atom is -0.392 e. The molecule has 72 valence electrons. The molecule has 0 saturated carbocycles. The standard InChI is InChI=1S/C8H17NO3/c1-12-6-8(11)5-9-3-2-7(10)4-9/h7-8,10-11H,2-6H2,1H3/t7-,8?/m0/s1. The van der Waals surface area contributed by atoms with Gasteiger partial charge < -0.3 is 14.9 Å². The number of nitrogens with zero attached hydrogens (tertiary/aromatic N) is 1. The maximum absolute atomic E-state index is 9.35. The highest BCUT2D eigenvalue weighted by Crippen LogP contribution is 2.08. The first kappa shape index (κ1) is 9.92. The predicted octanol–water partition coefficient (Wildman–Crippen LogP) is -0.940. The lowest BCUT2D eigenvalue weighted by molar-refractivity contribution is 0.0401. The Morgan fingerprint density at radius 1 is 1.67 bits per heavy atom. The van der Waals surface area contributed by atoms with Gasteiger partial charge in [0.05, 0.1) is 18.8 Å². The van der Waals surface area contributed by atoms with Crippen LogP contribution in [0.3, 0.4) is 0 Å². The first-order chi connectivity index (χ1) is 5.72. The minimum atomic E-state index is -0.430. The van der Waals surface area contributed by atoms with Crippen LogP contribution in [0.2, 0.25) is 0 Å². The molecule has 0 amide bonds. The monoisotopic (exact) mass is 175 g/mol. The van der Waals surface area contributed by atoms with Crippen molar-refractivity contribution in [2.24, 2.45) is 0 Å². The molecule has 0 aromatic heterocycles. The van der Waals surface area contributed by atoms with Gasteiger partial charge in [-0.3, -0.25) is 4.90 Å². The Morgan fingerprint density at radius 2 is 2.42 bits per heavy atom. The van der Waals surface area contributed by atoms with Crippen LogP contribution in [-0.2, 0) is 4.74 Å². The summed E-state index contributed by atoms with van der Waals surface area (Å²) in [7, 11) is 1.57. The molecule has 2 atom stereocenters. The number of aliphatic hydroxyl groups is 2. The predicted molar refractivity (Wildman–Crippen MR) is 44.9 cm³/mol. The molecular formula is C8H17NO3. The second-order valence-electron chi connectivity index (χ2n) is 3.31. The van der Waals surface area contributed by atoms with Crippen LogP contribution < -0.4 is 0 Å². The SMILES string of the molecule is COCC(O)CN1CC[C@H](O)C1. The molecule has 1 aliphatic rings. The van der Waals surface area contributed by atoms with E-state index in [4.69, 9.17) is 4.74 Å². The zero-order valence-electron chi connectivity index (χ0n) is 7.44. The number of hydrogen-bond acceptors (Lipinski definition) is 4. The number of methoxy groups -OCH3 is 1. The summed E-state index contributed by atoms with van der Waals surface area (Å²) in [6.45, 7) is 2.53. The summed E-state index contributed by atoms with van der Waals surface area (Å²) < 4.78 is 4.80. The highest BCUT2D eigenvalue weighted by Gasteiger charge is 2.21. The van der Waals surface area contributed by atoms with E-state index in [2.05, 4.69) is 0 Å². The molecule has 4 nitrogen and oxygen atoms in total. The normalized spacial score (nSPS) is 27.8. The Morgan fingerprint density at radius 3 is 2.92 bits per heavy atom. The Balaban J connectivity index is 2.14. The summed E-state index contributed by atoms with van der Waals surface area (Å²) >= 11 is 0. The van der Waals surface area contributed by atoms with Crippen LogP contribution in [0, 0.1) is 0 Å². The Labute approximate surface area is 72.7 Å². The second kappa shape index (κ2) is 4.77. The fourth-order valence-corrected chi connectivity index (χ4v) is 1.52. The number of hydrogen-bond donors (Lipinski definition) is 2. The average molecular weight is 175 g/mol. The molecule has 0 spiro atoms. The van der Waals surface area contributed by atoms with Crippen LogP contribution >= 0.6 is 0 Å². The highest BCUT2D eigenvalue weighted by atomic mass is 16.5. The van der Waals surface area contributed by atoms with Crippen molar-refractivity contribution in [1.82, 2.24) is 4.90 Å². The highest BCUT2D eigenvalue weighted by molar-refractivity contribution is 4.76. The van der Waals surface area contributed by atoms with Gasteiger partial charge in [0.1, 0.15) is 0 Å². The molecule has 1 unspecified atom stereocenters. The Bertz CT molecular complexity index is 131. The summed E-state index contributed by atoms with van der Waals surface area (Å²) in [6, 6.07) is 0. The van der Waals surface area contributed by atoms with Gasteiger partial charge in [0, 0.05) is 26.7 Å². The van der Waals surface area contributed by atoms with E-state index in [9.17, 15) is 10.2 Å². The lowest BCUT2D eigenvalue weighted by atomic mass is 10.3. The minimum absolute atomic E-state index is 0.209. The quantitative estimate of drug-likeness (QED) is 0.579. The first-order valence-corrected chi connectivity index (χ1v) is 4.29. The Kier molecular flexibility index (Phi) is 3.94. The van der Waals surface area contributed by atoms with Crippen molar-refractivity contribution in [2.45, 2.75) is 18.6 Å². The van der Waals surface area contributed by atoms with Crippen molar-refractivity contribution in [1.29, 1.82) is 0 Å². The zero-order valence-corrected chi connectivity index (χ0v) is 7.44. The third-order valence-electron chi connectivity index (χ3n) is 2.08. The zero-order chi connectivity index (χ0) is 8.97. The van der Waals surface area contributed by atoms with Crippen LogP contribution in [-0.4, -0.2) is 60.7 Å². The van der Waals surface area contributed by atoms with Gasteiger partial charge >= 0.3 is 0 Å². The van der Waals surface area contributed by atoms with Crippen molar-refractivity contribution in [3.8, 4) is 0 Å². The van der Waals surface area contributed by atoms with Crippen LogP contribution in [0.4, 0.5) is 0 Å². The van der Waals surface area contributed by atoms with Gasteiger partial charge in [-0.05, 0) is 6.42 Å². The molecule has 0 aliphatic carbocycles. The van der Waals surface area contributed by atoms with E-state index < -0.39 is 6.10 Å². The molecule has 12 heavy (non-hydrogen) atoms. The number of ether oxygens (including phenoxy) is 1. The summed E-state index contributed by atoms with van der Waals surface area (Å²) in [4.78, 5) is 2.05. The molecule has 2 N–H and O–H groups in total. The van der Waals surface area contributed by atoms with E-state index in [-0.39, 0.29) is 6.10 Å². The van der Waals surface area contributed by atoms with Gasteiger partial charge in [0.2, 0.25) is 0 Å².